The molecule has 2 nitrogen and oxygen atoms in total. The predicted molar refractivity (Wildman–Crippen MR) is 148 cm³/mol. The van der Waals surface area contributed by atoms with E-state index in [1.807, 2.05) is 0 Å². The zero-order valence-corrected chi connectivity index (χ0v) is 21.9. The first-order valence-electron chi connectivity index (χ1n) is 11.5. The molecule has 33 heavy (non-hydrogen) atoms. The number of anilines is 1. The van der Waals surface area contributed by atoms with Crippen molar-refractivity contribution in [3.63, 3.8) is 0 Å². The van der Waals surface area contributed by atoms with Crippen LogP contribution in [0, 0.1) is 41.5 Å². The summed E-state index contributed by atoms with van der Waals surface area (Å²) >= 11 is 1.74. The van der Waals surface area contributed by atoms with E-state index in [1.54, 1.807) is 11.3 Å². The monoisotopic (exact) mass is 452 g/mol. The minimum Gasteiger partial charge on any atom is -0.378 e. The Kier molecular flexibility index (Phi) is 6.49. The Bertz CT molecular complexity index is 1200. The zero-order chi connectivity index (χ0) is 23.9. The number of hydrogen-bond acceptors (Lipinski definition) is 3. The summed E-state index contributed by atoms with van der Waals surface area (Å²) in [6.07, 6.45) is 0. The van der Waals surface area contributed by atoms with Crippen molar-refractivity contribution in [3.8, 4) is 10.6 Å². The molecule has 0 radical (unpaired) electrons. The maximum Gasteiger partial charge on any atom is 0.267 e. The van der Waals surface area contributed by atoms with Crippen molar-refractivity contribution in [1.29, 1.82) is 0 Å². The molecule has 0 spiro atoms. The van der Waals surface area contributed by atoms with E-state index in [1.165, 1.54) is 55.6 Å². The molecule has 0 saturated heterocycles. The first kappa shape index (κ1) is 23.3. The van der Waals surface area contributed by atoms with E-state index in [9.17, 15) is 0 Å². The van der Waals surface area contributed by atoms with Crippen LogP contribution in [0.1, 0.15) is 33.4 Å². The summed E-state index contributed by atoms with van der Waals surface area (Å²) in [5.74, 6) is 0. The van der Waals surface area contributed by atoms with Crippen LogP contribution in [-0.2, 0) is 0 Å². The molecule has 0 N–H and O–H groups in total. The molecule has 0 aliphatic carbocycles. The second-order valence-electron chi connectivity index (χ2n) is 9.58. The Balaban J connectivity index is 1.89. The average Bonchev–Trinajstić information content (AvgIpc) is 3.21. The first-order valence-corrected chi connectivity index (χ1v) is 12.4. The summed E-state index contributed by atoms with van der Waals surface area (Å²) in [6.45, 7) is 13.5. The third-order valence-electron chi connectivity index (χ3n) is 6.50. The molecule has 0 aliphatic heterocycles. The molecule has 4 aromatic rings. The van der Waals surface area contributed by atoms with Gasteiger partial charge in [0, 0.05) is 36.3 Å². The number of hydrogen-bond donors (Lipinski definition) is 0. The highest BCUT2D eigenvalue weighted by Crippen LogP contribution is 2.24. The maximum atomic E-state index is 5.22. The average molecular weight is 452 g/mol. The molecular formula is C29H33BN2S. The predicted octanol–water partition coefficient (Wildman–Crippen LogP) is 5.24. The molecule has 3 aromatic carbocycles. The lowest BCUT2D eigenvalue weighted by molar-refractivity contribution is 1.13. The number of aryl methyl sites for hydroxylation is 6. The lowest BCUT2D eigenvalue weighted by Gasteiger charge is -2.23. The molecule has 0 amide bonds. The number of aromatic nitrogens is 1. The van der Waals surface area contributed by atoms with Crippen LogP contribution in [0.4, 0.5) is 5.69 Å². The minimum atomic E-state index is 0.122. The zero-order valence-electron chi connectivity index (χ0n) is 21.1. The van der Waals surface area contributed by atoms with Crippen LogP contribution in [0.15, 0.2) is 53.9 Å². The largest absolute Gasteiger partial charge is 0.378 e. The van der Waals surface area contributed by atoms with Crippen LogP contribution in [0.5, 0.6) is 0 Å². The molecule has 0 atom stereocenters. The van der Waals surface area contributed by atoms with Crippen LogP contribution in [-0.4, -0.2) is 25.8 Å². The van der Waals surface area contributed by atoms with E-state index in [4.69, 9.17) is 4.98 Å². The molecular weight excluding hydrogens is 419 g/mol. The molecule has 0 aliphatic rings. The Morgan fingerprint density at radius 3 is 1.58 bits per heavy atom. The Morgan fingerprint density at radius 2 is 1.15 bits per heavy atom. The van der Waals surface area contributed by atoms with Gasteiger partial charge in [-0.1, -0.05) is 68.6 Å². The Hall–Kier alpha value is -2.85. The van der Waals surface area contributed by atoms with E-state index in [-0.39, 0.29) is 6.71 Å². The number of thiazole rings is 1. The maximum absolute atomic E-state index is 5.22. The summed E-state index contributed by atoms with van der Waals surface area (Å²) < 4.78 is 0. The van der Waals surface area contributed by atoms with Crippen molar-refractivity contribution in [2.45, 2.75) is 41.5 Å². The van der Waals surface area contributed by atoms with Crippen molar-refractivity contribution in [3.05, 3.63) is 87.3 Å². The van der Waals surface area contributed by atoms with Gasteiger partial charge in [-0.25, -0.2) is 0 Å². The van der Waals surface area contributed by atoms with E-state index in [2.05, 4.69) is 114 Å². The highest BCUT2D eigenvalue weighted by molar-refractivity contribution is 7.15. The quantitative estimate of drug-likeness (QED) is 0.385. The Labute approximate surface area is 203 Å². The topological polar surface area (TPSA) is 16.1 Å². The van der Waals surface area contributed by atoms with Gasteiger partial charge in [-0.15, -0.1) is 11.3 Å². The third kappa shape index (κ3) is 4.63. The van der Waals surface area contributed by atoms with Crippen molar-refractivity contribution in [2.75, 3.05) is 19.0 Å². The van der Waals surface area contributed by atoms with Gasteiger partial charge in [-0.05, 0) is 65.8 Å². The number of benzene rings is 3. The van der Waals surface area contributed by atoms with Gasteiger partial charge in [0.25, 0.3) is 6.71 Å². The third-order valence-corrected chi connectivity index (χ3v) is 7.41. The molecule has 0 unspecified atom stereocenters. The Morgan fingerprint density at radius 1 is 0.697 bits per heavy atom. The van der Waals surface area contributed by atoms with Gasteiger partial charge in [0.05, 0.1) is 0 Å². The minimum absolute atomic E-state index is 0.122. The second-order valence-corrected chi connectivity index (χ2v) is 10.4. The number of nitrogens with zero attached hydrogens (tertiary/aromatic N) is 2. The number of rotatable bonds is 5. The fraction of sp³-hybridized carbons (Fsp3) is 0.276. The standard InChI is InChI=1S/C29H33BN2S/c1-18-13-20(3)27(21(4)14-18)30(28-22(5)15-19(2)16-23(28)6)26-17-33-29(31-26)24-9-11-25(12-10-24)32(7)8/h9-17H,1-8H3. The highest BCUT2D eigenvalue weighted by Gasteiger charge is 2.30. The van der Waals surface area contributed by atoms with Crippen LogP contribution in [0.25, 0.3) is 10.6 Å². The van der Waals surface area contributed by atoms with E-state index >= 15 is 0 Å². The van der Waals surface area contributed by atoms with Crippen LogP contribution < -0.4 is 21.4 Å². The summed E-state index contributed by atoms with van der Waals surface area (Å²) in [7, 11) is 4.14. The van der Waals surface area contributed by atoms with E-state index in [0.29, 0.717) is 0 Å². The normalized spacial score (nSPS) is 11.0. The van der Waals surface area contributed by atoms with Gasteiger partial charge in [0.2, 0.25) is 0 Å². The second kappa shape index (κ2) is 9.19. The molecule has 0 bridgehead atoms. The fourth-order valence-electron chi connectivity index (χ4n) is 5.19. The van der Waals surface area contributed by atoms with Crippen LogP contribution in [0.3, 0.4) is 0 Å². The lowest BCUT2D eigenvalue weighted by atomic mass is 9.36. The summed E-state index contributed by atoms with van der Waals surface area (Å²) in [5.41, 5.74) is 14.2. The van der Waals surface area contributed by atoms with Crippen molar-refractivity contribution in [2.24, 2.45) is 0 Å². The molecule has 0 saturated carbocycles. The molecule has 4 heteroatoms. The fourth-order valence-corrected chi connectivity index (χ4v) is 6.04. The van der Waals surface area contributed by atoms with Gasteiger partial charge >= 0.3 is 0 Å². The van der Waals surface area contributed by atoms with E-state index < -0.39 is 0 Å². The van der Waals surface area contributed by atoms with Gasteiger partial charge in [0.15, 0.2) is 0 Å². The van der Waals surface area contributed by atoms with Gasteiger partial charge in [-0.3, -0.25) is 4.98 Å². The lowest BCUT2D eigenvalue weighted by Crippen LogP contribution is -2.56. The van der Waals surface area contributed by atoms with Gasteiger partial charge < -0.3 is 4.90 Å². The van der Waals surface area contributed by atoms with Crippen molar-refractivity contribution in [1.82, 2.24) is 4.98 Å². The summed E-state index contributed by atoms with van der Waals surface area (Å²) in [5, 5.41) is 3.34. The SMILES string of the molecule is Cc1cc(C)c(B(c2csc(-c3ccc(N(C)C)cc3)n2)c2c(C)cc(C)cc2C)c(C)c1. The smallest absolute Gasteiger partial charge is 0.267 e. The highest BCUT2D eigenvalue weighted by atomic mass is 32.1. The van der Waals surface area contributed by atoms with Crippen molar-refractivity contribution < 1.29 is 0 Å². The molecule has 4 rings (SSSR count). The van der Waals surface area contributed by atoms with Gasteiger partial charge in [-0.2, -0.15) is 0 Å². The van der Waals surface area contributed by atoms with E-state index in [0.717, 1.165) is 10.6 Å². The van der Waals surface area contributed by atoms with Crippen molar-refractivity contribution >= 4 is 40.3 Å². The molecule has 1 heterocycles. The molecule has 1 aromatic heterocycles. The summed E-state index contributed by atoms with van der Waals surface area (Å²) in [6, 6.07) is 17.9. The van der Waals surface area contributed by atoms with Crippen LogP contribution >= 0.6 is 11.3 Å². The first-order chi connectivity index (χ1) is 15.7. The van der Waals surface area contributed by atoms with Gasteiger partial charge in [0.1, 0.15) is 5.01 Å². The molecule has 0 fully saturated rings. The summed E-state index contributed by atoms with van der Waals surface area (Å²) in [4.78, 5) is 7.35. The van der Waals surface area contributed by atoms with Crippen LogP contribution in [0.2, 0.25) is 0 Å². The molecule has 168 valence electrons.